The molecule has 0 N–H and O–H groups in total. The van der Waals surface area contributed by atoms with E-state index in [1.807, 2.05) is 0 Å². The maximum atomic E-state index is 5.15. The van der Waals surface area contributed by atoms with Crippen LogP contribution in [0.15, 0.2) is 91.0 Å². The molecule has 1 nitrogen and oxygen atoms in total. The van der Waals surface area contributed by atoms with Crippen LogP contribution in [0.5, 0.6) is 0 Å². The van der Waals surface area contributed by atoms with Crippen LogP contribution in [0, 0.1) is 0 Å². The Morgan fingerprint density at radius 2 is 0.909 bits per heavy atom. The quantitative estimate of drug-likeness (QED) is 0.511. The molecule has 22 heavy (non-hydrogen) atoms. The molecule has 3 aromatic rings. The zero-order valence-corrected chi connectivity index (χ0v) is 14.3. The molecule has 0 atom stereocenters. The minimum atomic E-state index is -1.94. The van der Waals surface area contributed by atoms with Gasteiger partial charge in [0.25, 0.3) is 0 Å². The fourth-order valence-corrected chi connectivity index (χ4v) is 7.69. The molecule has 3 rings (SSSR count). The smallest absolute Gasteiger partial charge is 0.109 e. The van der Waals surface area contributed by atoms with Crippen LogP contribution in [0.1, 0.15) is 0 Å². The molecule has 0 aliphatic carbocycles. The minimum Gasteiger partial charge on any atom is -0.109 e. The lowest BCUT2D eigenvalue weighted by molar-refractivity contribution is 1.70. The van der Waals surface area contributed by atoms with Crippen LogP contribution in [-0.2, 0) is 0 Å². The molecule has 0 aliphatic rings. The Kier molecular flexibility index (Phi) is 4.71. The summed E-state index contributed by atoms with van der Waals surface area (Å²) in [4.78, 5) is 0. The molecule has 3 aromatic carbocycles. The Morgan fingerprint density at radius 3 is 1.18 bits per heavy atom. The first-order valence-electron chi connectivity index (χ1n) is 7.25. The van der Waals surface area contributed by atoms with Crippen LogP contribution in [0.3, 0.4) is 0 Å². The molecule has 0 spiro atoms. The van der Waals surface area contributed by atoms with E-state index in [0.29, 0.717) is 0 Å². The van der Waals surface area contributed by atoms with E-state index in [-0.39, 0.29) is 0 Å². The van der Waals surface area contributed by atoms with Gasteiger partial charge in [0.05, 0.1) is 22.6 Å². The molecule has 0 radical (unpaired) electrons. The highest BCUT2D eigenvalue weighted by atomic mass is 31.2. The second-order valence-electron chi connectivity index (χ2n) is 4.93. The van der Waals surface area contributed by atoms with E-state index in [9.17, 15) is 0 Å². The maximum Gasteiger partial charge on any atom is 0.348 e. The molecule has 0 saturated carbocycles. The van der Waals surface area contributed by atoms with Crippen molar-refractivity contribution in [2.45, 2.75) is 0 Å². The average molecular weight is 322 g/mol. The lowest BCUT2D eigenvalue weighted by atomic mass is 10.4. The van der Waals surface area contributed by atoms with Crippen molar-refractivity contribution in [3.8, 4) is 0 Å². The Bertz CT molecular complexity index is 718. The van der Waals surface area contributed by atoms with Crippen LogP contribution in [0.4, 0.5) is 0 Å². The molecular formula is C19H18NP2+. The van der Waals surface area contributed by atoms with Crippen LogP contribution >= 0.6 is 15.4 Å². The molecule has 0 amide bonds. The number of hydrogen-bond donors (Lipinski definition) is 0. The van der Waals surface area contributed by atoms with Gasteiger partial charge in [0.1, 0.15) is 0 Å². The van der Waals surface area contributed by atoms with E-state index in [2.05, 4.69) is 97.7 Å². The number of hydrogen-bond acceptors (Lipinski definition) is 0. The molecular weight excluding hydrogens is 304 g/mol. The van der Waals surface area contributed by atoms with Crippen LogP contribution < -0.4 is 20.1 Å². The zero-order valence-electron chi connectivity index (χ0n) is 12.5. The molecule has 0 aliphatic heterocycles. The van der Waals surface area contributed by atoms with Gasteiger partial charge < -0.3 is 0 Å². The molecule has 3 heteroatoms. The summed E-state index contributed by atoms with van der Waals surface area (Å²) < 4.78 is 5.15. The average Bonchev–Trinajstić information content (AvgIpc) is 2.62. The van der Waals surface area contributed by atoms with Crippen LogP contribution in [0.25, 0.3) is 0 Å². The summed E-state index contributed by atoms with van der Waals surface area (Å²) in [7, 11) is -0.877. The molecule has 0 fully saturated rings. The van der Waals surface area contributed by atoms with Gasteiger partial charge in [-0.3, -0.25) is 0 Å². The predicted molar refractivity (Wildman–Crippen MR) is 100 cm³/mol. The van der Waals surface area contributed by atoms with Crippen molar-refractivity contribution >= 4 is 31.3 Å². The normalized spacial score (nSPS) is 11.1. The van der Waals surface area contributed by atoms with Crippen LogP contribution in [0.2, 0.25) is 0 Å². The largest absolute Gasteiger partial charge is 0.348 e. The summed E-state index contributed by atoms with van der Waals surface area (Å²) in [5.74, 6) is 0. The minimum absolute atomic E-state index is 1.06. The SMILES string of the molecule is CP=[N+]=P(c1ccccc1)(c1ccccc1)c1ccccc1. The highest BCUT2D eigenvalue weighted by Crippen LogP contribution is 2.42. The second-order valence-corrected chi connectivity index (χ2v) is 8.87. The maximum absolute atomic E-state index is 5.15. The monoisotopic (exact) mass is 322 g/mol. The van der Waals surface area contributed by atoms with Crippen molar-refractivity contribution in [3.05, 3.63) is 91.0 Å². The van der Waals surface area contributed by atoms with E-state index in [4.69, 9.17) is 4.17 Å². The van der Waals surface area contributed by atoms with Crippen molar-refractivity contribution in [2.75, 3.05) is 6.66 Å². The molecule has 0 saturated heterocycles. The molecule has 0 bridgehead atoms. The van der Waals surface area contributed by atoms with E-state index in [0.717, 1.165) is 8.37 Å². The lowest BCUT2D eigenvalue weighted by Gasteiger charge is -2.14. The van der Waals surface area contributed by atoms with Gasteiger partial charge >= 0.3 is 15.4 Å². The Balaban J connectivity index is 2.44. The van der Waals surface area contributed by atoms with Gasteiger partial charge in [-0.25, -0.2) is 0 Å². The summed E-state index contributed by atoms with van der Waals surface area (Å²) in [5.41, 5.74) is 0. The lowest BCUT2D eigenvalue weighted by Crippen LogP contribution is -2.26. The van der Waals surface area contributed by atoms with Crippen molar-refractivity contribution in [2.24, 2.45) is 0 Å². The van der Waals surface area contributed by atoms with Gasteiger partial charge in [0.2, 0.25) is 0 Å². The zero-order chi connectivity index (χ0) is 15.3. The first-order valence-corrected chi connectivity index (χ1v) is 10.3. The summed E-state index contributed by atoms with van der Waals surface area (Å²) in [6.45, 7) is 2.10. The Labute approximate surface area is 133 Å². The van der Waals surface area contributed by atoms with Gasteiger partial charge in [0, 0.05) is 0 Å². The van der Waals surface area contributed by atoms with Crippen molar-refractivity contribution in [1.29, 1.82) is 0 Å². The highest BCUT2D eigenvalue weighted by molar-refractivity contribution is 7.87. The Morgan fingerprint density at radius 1 is 0.591 bits per heavy atom. The van der Waals surface area contributed by atoms with Gasteiger partial charge in [-0.2, -0.15) is 0 Å². The topological polar surface area (TPSA) is 14.1 Å². The predicted octanol–water partition coefficient (Wildman–Crippen LogP) is 3.99. The van der Waals surface area contributed by atoms with Crippen molar-refractivity contribution < 1.29 is 0 Å². The fraction of sp³-hybridized carbons (Fsp3) is 0.0526. The summed E-state index contributed by atoms with van der Waals surface area (Å²) >= 11 is 0. The van der Waals surface area contributed by atoms with E-state index >= 15 is 0 Å². The molecule has 0 unspecified atom stereocenters. The summed E-state index contributed by atoms with van der Waals surface area (Å²) in [6.07, 6.45) is 0. The Hall–Kier alpha value is -1.90. The van der Waals surface area contributed by atoms with E-state index in [1.54, 1.807) is 0 Å². The third kappa shape index (κ3) is 2.72. The van der Waals surface area contributed by atoms with Gasteiger partial charge in [-0.15, -0.1) is 4.17 Å². The van der Waals surface area contributed by atoms with E-state index in [1.165, 1.54) is 15.9 Å². The van der Waals surface area contributed by atoms with Gasteiger partial charge in [-0.1, -0.05) is 54.6 Å². The van der Waals surface area contributed by atoms with Gasteiger partial charge in [0.15, 0.2) is 0 Å². The number of rotatable bonds is 3. The molecule has 108 valence electrons. The van der Waals surface area contributed by atoms with E-state index < -0.39 is 7.05 Å². The second kappa shape index (κ2) is 6.91. The van der Waals surface area contributed by atoms with Crippen LogP contribution in [-0.4, -0.2) is 6.66 Å². The van der Waals surface area contributed by atoms with Crippen molar-refractivity contribution in [3.63, 3.8) is 0 Å². The number of nitrogens with zero attached hydrogens (tertiary/aromatic N) is 1. The number of benzene rings is 3. The standard InChI is InChI=1S/C19H18NP2/c1-21-20-22(17-11-5-2-6-12-17,18-13-7-3-8-14-18)19-15-9-4-10-16-19/h2-16H,1H3/q+1. The first-order chi connectivity index (χ1) is 10.9. The fourth-order valence-electron chi connectivity index (χ4n) is 2.67. The highest BCUT2D eigenvalue weighted by Gasteiger charge is 2.37. The van der Waals surface area contributed by atoms with Gasteiger partial charge in [-0.05, 0) is 36.4 Å². The summed E-state index contributed by atoms with van der Waals surface area (Å²) in [5, 5.41) is 3.92. The third-order valence-electron chi connectivity index (χ3n) is 3.61. The first kappa shape index (κ1) is 15.0. The van der Waals surface area contributed by atoms with Crippen molar-refractivity contribution in [1.82, 2.24) is 4.17 Å². The summed E-state index contributed by atoms with van der Waals surface area (Å²) in [6, 6.07) is 32.1. The third-order valence-corrected chi connectivity index (χ3v) is 8.54. The molecule has 0 aromatic heterocycles. The molecule has 0 heterocycles.